The lowest BCUT2D eigenvalue weighted by Gasteiger charge is -2.08. The molecule has 2 aromatic rings. The Morgan fingerprint density at radius 2 is 1.90 bits per heavy atom. The molecule has 2 aromatic carbocycles. The van der Waals surface area contributed by atoms with E-state index >= 15 is 0 Å². The van der Waals surface area contributed by atoms with E-state index in [0.29, 0.717) is 18.7 Å². The quantitative estimate of drug-likeness (QED) is 0.498. The molecule has 0 unspecified atom stereocenters. The van der Waals surface area contributed by atoms with Gasteiger partial charge in [-0.3, -0.25) is 15.0 Å². The summed E-state index contributed by atoms with van der Waals surface area (Å²) in [7, 11) is 0. The monoisotopic (exact) mass is 272 g/mol. The summed E-state index contributed by atoms with van der Waals surface area (Å²) in [6.07, 6.45) is 0. The molecule has 0 aliphatic carbocycles. The molecule has 5 nitrogen and oxygen atoms in total. The van der Waals surface area contributed by atoms with Gasteiger partial charge < -0.3 is 0 Å². The molecule has 0 atom stereocenters. The third-order valence-electron chi connectivity index (χ3n) is 3.06. The molecule has 0 aromatic heterocycles. The van der Waals surface area contributed by atoms with Crippen LogP contribution in [0.5, 0.6) is 0 Å². The maximum Gasteiger partial charge on any atom is 0.272 e. The Labute approximate surface area is 117 Å². The third-order valence-corrected chi connectivity index (χ3v) is 3.06. The molecule has 0 heterocycles. The molecule has 0 bridgehead atoms. The van der Waals surface area contributed by atoms with Gasteiger partial charge in [0.05, 0.1) is 11.5 Å². The van der Waals surface area contributed by atoms with Crippen LogP contribution in [-0.2, 0) is 18.0 Å². The van der Waals surface area contributed by atoms with Crippen LogP contribution in [0.3, 0.4) is 0 Å². The van der Waals surface area contributed by atoms with E-state index in [0.717, 1.165) is 11.1 Å². The summed E-state index contributed by atoms with van der Waals surface area (Å²) in [6.45, 7) is 2.63. The number of nitrogens with zero attached hydrogens (tertiary/aromatic N) is 1. The highest BCUT2D eigenvalue weighted by Gasteiger charge is 2.12. The highest BCUT2D eigenvalue weighted by Crippen LogP contribution is 2.20. The lowest BCUT2D eigenvalue weighted by molar-refractivity contribution is -0.385. The van der Waals surface area contributed by atoms with E-state index in [4.69, 9.17) is 4.84 Å². The second-order valence-corrected chi connectivity index (χ2v) is 4.41. The minimum absolute atomic E-state index is 0.132. The summed E-state index contributed by atoms with van der Waals surface area (Å²) in [6, 6.07) is 14.8. The van der Waals surface area contributed by atoms with Crippen molar-refractivity contribution in [3.63, 3.8) is 0 Å². The first-order valence-electron chi connectivity index (χ1n) is 6.30. The van der Waals surface area contributed by atoms with Crippen LogP contribution >= 0.6 is 0 Å². The molecule has 0 aliphatic heterocycles. The average molecular weight is 272 g/mol. The number of rotatable bonds is 6. The van der Waals surface area contributed by atoms with E-state index in [9.17, 15) is 10.1 Å². The van der Waals surface area contributed by atoms with Crippen molar-refractivity contribution in [3.05, 3.63) is 75.3 Å². The van der Waals surface area contributed by atoms with Gasteiger partial charge in [-0.15, -0.1) is 0 Å². The van der Waals surface area contributed by atoms with Crippen molar-refractivity contribution in [1.29, 1.82) is 0 Å². The second-order valence-electron chi connectivity index (χ2n) is 4.41. The van der Waals surface area contributed by atoms with Gasteiger partial charge in [-0.1, -0.05) is 42.5 Å². The van der Waals surface area contributed by atoms with Gasteiger partial charge in [-0.05, 0) is 18.1 Å². The molecule has 0 radical (unpaired) electrons. The number of nitro groups is 1. The van der Waals surface area contributed by atoms with E-state index in [1.165, 1.54) is 6.07 Å². The maximum atomic E-state index is 10.8. The fraction of sp³-hybridized carbons (Fsp3) is 0.200. The normalized spacial score (nSPS) is 10.4. The standard InChI is InChI=1S/C15H16N2O3/c1-12-14(8-5-9-15(12)17(18)19)10-16-20-11-13-6-3-2-4-7-13/h2-9,16H,10-11H2,1H3. The van der Waals surface area contributed by atoms with Crippen molar-refractivity contribution in [1.82, 2.24) is 5.48 Å². The number of hydrogen-bond acceptors (Lipinski definition) is 4. The topological polar surface area (TPSA) is 64.4 Å². The van der Waals surface area contributed by atoms with Gasteiger partial charge in [-0.25, -0.2) is 0 Å². The van der Waals surface area contributed by atoms with E-state index in [-0.39, 0.29) is 10.6 Å². The molecular weight excluding hydrogens is 256 g/mol. The first-order valence-corrected chi connectivity index (χ1v) is 6.30. The predicted molar refractivity (Wildman–Crippen MR) is 75.9 cm³/mol. The van der Waals surface area contributed by atoms with Crippen LogP contribution in [0.15, 0.2) is 48.5 Å². The zero-order valence-electron chi connectivity index (χ0n) is 11.2. The third kappa shape index (κ3) is 3.63. The van der Waals surface area contributed by atoms with Crippen LogP contribution in [-0.4, -0.2) is 4.92 Å². The zero-order valence-corrected chi connectivity index (χ0v) is 11.2. The molecule has 104 valence electrons. The smallest absolute Gasteiger partial charge is 0.272 e. The molecule has 0 saturated carbocycles. The summed E-state index contributed by atoms with van der Waals surface area (Å²) in [5.41, 5.74) is 5.55. The predicted octanol–water partition coefficient (Wildman–Crippen LogP) is 3.12. The summed E-state index contributed by atoms with van der Waals surface area (Å²) in [5.74, 6) is 0. The Bertz CT molecular complexity index is 585. The highest BCUT2D eigenvalue weighted by atomic mass is 16.6. The lowest BCUT2D eigenvalue weighted by atomic mass is 10.1. The number of hydroxylamine groups is 1. The van der Waals surface area contributed by atoms with E-state index in [2.05, 4.69) is 5.48 Å². The number of nitro benzene ring substituents is 1. The first kappa shape index (κ1) is 14.2. The Morgan fingerprint density at radius 1 is 1.15 bits per heavy atom. The molecule has 1 N–H and O–H groups in total. The molecule has 20 heavy (non-hydrogen) atoms. The maximum absolute atomic E-state index is 10.8. The van der Waals surface area contributed by atoms with Crippen LogP contribution in [0.1, 0.15) is 16.7 Å². The average Bonchev–Trinajstić information content (AvgIpc) is 2.46. The summed E-state index contributed by atoms with van der Waals surface area (Å²) in [4.78, 5) is 15.8. The molecule has 2 rings (SSSR count). The van der Waals surface area contributed by atoms with Gasteiger partial charge in [0.1, 0.15) is 0 Å². The van der Waals surface area contributed by atoms with Crippen LogP contribution < -0.4 is 5.48 Å². The van der Waals surface area contributed by atoms with Crippen molar-refractivity contribution >= 4 is 5.69 Å². The van der Waals surface area contributed by atoms with Gasteiger partial charge in [0.2, 0.25) is 0 Å². The van der Waals surface area contributed by atoms with E-state index in [1.54, 1.807) is 13.0 Å². The molecule has 0 spiro atoms. The van der Waals surface area contributed by atoms with Gasteiger partial charge in [-0.2, -0.15) is 5.48 Å². The van der Waals surface area contributed by atoms with Crippen molar-refractivity contribution in [2.75, 3.05) is 0 Å². The van der Waals surface area contributed by atoms with Crippen LogP contribution in [0.25, 0.3) is 0 Å². The van der Waals surface area contributed by atoms with Crippen molar-refractivity contribution in [3.8, 4) is 0 Å². The fourth-order valence-corrected chi connectivity index (χ4v) is 1.90. The molecular formula is C15H16N2O3. The minimum Gasteiger partial charge on any atom is -0.297 e. The van der Waals surface area contributed by atoms with Gasteiger partial charge in [0, 0.05) is 18.2 Å². The van der Waals surface area contributed by atoms with Gasteiger partial charge in [0.15, 0.2) is 0 Å². The van der Waals surface area contributed by atoms with E-state index < -0.39 is 0 Å². The second kappa shape index (κ2) is 6.79. The van der Waals surface area contributed by atoms with E-state index in [1.807, 2.05) is 36.4 Å². The molecule has 0 aliphatic rings. The number of benzene rings is 2. The van der Waals surface area contributed by atoms with Crippen molar-refractivity contribution < 1.29 is 9.76 Å². The minimum atomic E-state index is -0.371. The summed E-state index contributed by atoms with van der Waals surface area (Å²) in [5, 5.41) is 10.8. The molecule has 0 saturated heterocycles. The molecule has 5 heteroatoms. The molecule has 0 amide bonds. The summed E-state index contributed by atoms with van der Waals surface area (Å²) < 4.78 is 0. The van der Waals surface area contributed by atoms with Crippen LogP contribution in [0.2, 0.25) is 0 Å². The highest BCUT2D eigenvalue weighted by molar-refractivity contribution is 5.44. The molecule has 0 fully saturated rings. The Morgan fingerprint density at radius 3 is 2.60 bits per heavy atom. The van der Waals surface area contributed by atoms with Gasteiger partial charge in [0.25, 0.3) is 5.69 Å². The summed E-state index contributed by atoms with van der Waals surface area (Å²) >= 11 is 0. The largest absolute Gasteiger partial charge is 0.297 e. The first-order chi connectivity index (χ1) is 9.68. The van der Waals surface area contributed by atoms with Crippen molar-refractivity contribution in [2.24, 2.45) is 0 Å². The fourth-order valence-electron chi connectivity index (χ4n) is 1.90. The zero-order chi connectivity index (χ0) is 14.4. The van der Waals surface area contributed by atoms with Crippen molar-refractivity contribution in [2.45, 2.75) is 20.1 Å². The Balaban J connectivity index is 1.88. The SMILES string of the molecule is Cc1c(CNOCc2ccccc2)cccc1[N+](=O)[O-]. The Kier molecular flexibility index (Phi) is 4.81. The number of hydrogen-bond donors (Lipinski definition) is 1. The lowest BCUT2D eigenvalue weighted by Crippen LogP contribution is -2.15. The Hall–Kier alpha value is -2.24. The van der Waals surface area contributed by atoms with Gasteiger partial charge >= 0.3 is 0 Å². The van der Waals surface area contributed by atoms with Crippen LogP contribution in [0.4, 0.5) is 5.69 Å². The number of nitrogens with one attached hydrogen (secondary N) is 1. The van der Waals surface area contributed by atoms with Crippen LogP contribution in [0, 0.1) is 17.0 Å².